The number of rotatable bonds is 7. The van der Waals surface area contributed by atoms with Gasteiger partial charge in [0.15, 0.2) is 5.69 Å². The van der Waals surface area contributed by atoms with Crippen molar-refractivity contribution in [1.82, 2.24) is 10.3 Å². The van der Waals surface area contributed by atoms with E-state index in [1.807, 2.05) is 19.9 Å². The van der Waals surface area contributed by atoms with Crippen LogP contribution >= 0.6 is 0 Å². The van der Waals surface area contributed by atoms with Gasteiger partial charge in [0.05, 0.1) is 7.11 Å². The molecule has 0 bridgehead atoms. The zero-order valence-electron chi connectivity index (χ0n) is 17.4. The molecule has 0 aliphatic heterocycles. The topological polar surface area (TPSA) is 93.5 Å². The third kappa shape index (κ3) is 4.86. The highest BCUT2D eigenvalue weighted by Gasteiger charge is 2.27. The minimum Gasteiger partial charge on any atom is -0.497 e. The molecule has 156 valence electrons. The van der Waals surface area contributed by atoms with Gasteiger partial charge in [0.2, 0.25) is 5.89 Å². The standard InChI is InChI=1S/C23H25N3O4/c1-14(2)19(25-21(27)16-9-6-5-7-10-16)23-26-20(15(3)30-23)22(28)24-17-11-8-12-18(13-17)29-4/h5-14,19H,1-4H3,(H,24,28)(H,25,27)/t19-/m1/s1. The van der Waals surface area contributed by atoms with Crippen LogP contribution in [-0.2, 0) is 0 Å². The summed E-state index contributed by atoms with van der Waals surface area (Å²) in [4.78, 5) is 29.7. The van der Waals surface area contributed by atoms with Crippen molar-refractivity contribution in [1.29, 1.82) is 0 Å². The maximum absolute atomic E-state index is 12.7. The predicted octanol–water partition coefficient (Wildman–Crippen LogP) is 4.37. The average Bonchev–Trinajstić information content (AvgIpc) is 3.13. The Kier molecular flexibility index (Phi) is 6.51. The number of hydrogen-bond acceptors (Lipinski definition) is 5. The minimum absolute atomic E-state index is 0.00464. The van der Waals surface area contributed by atoms with Crippen molar-refractivity contribution in [2.75, 3.05) is 12.4 Å². The number of benzene rings is 2. The third-order valence-corrected chi connectivity index (χ3v) is 4.61. The van der Waals surface area contributed by atoms with E-state index in [2.05, 4.69) is 15.6 Å². The van der Waals surface area contributed by atoms with E-state index in [4.69, 9.17) is 9.15 Å². The fourth-order valence-corrected chi connectivity index (χ4v) is 2.98. The summed E-state index contributed by atoms with van der Waals surface area (Å²) in [6.07, 6.45) is 0. The molecular formula is C23H25N3O4. The molecule has 30 heavy (non-hydrogen) atoms. The average molecular weight is 407 g/mol. The van der Waals surface area contributed by atoms with E-state index in [-0.39, 0.29) is 17.5 Å². The number of hydrogen-bond donors (Lipinski definition) is 2. The smallest absolute Gasteiger partial charge is 0.277 e. The second-order valence-corrected chi connectivity index (χ2v) is 7.20. The van der Waals surface area contributed by atoms with Gasteiger partial charge in [-0.3, -0.25) is 9.59 Å². The summed E-state index contributed by atoms with van der Waals surface area (Å²) < 4.78 is 10.9. The molecular weight excluding hydrogens is 382 g/mol. The van der Waals surface area contributed by atoms with Crippen LogP contribution in [0.3, 0.4) is 0 Å². The highest BCUT2D eigenvalue weighted by molar-refractivity contribution is 6.03. The molecule has 0 saturated heterocycles. The van der Waals surface area contributed by atoms with Crippen LogP contribution in [0.2, 0.25) is 0 Å². The largest absolute Gasteiger partial charge is 0.497 e. The number of nitrogens with zero attached hydrogens (tertiary/aromatic N) is 1. The molecule has 0 fully saturated rings. The number of carbonyl (C=O) groups excluding carboxylic acids is 2. The number of anilines is 1. The Labute approximate surface area is 175 Å². The van der Waals surface area contributed by atoms with Crippen LogP contribution < -0.4 is 15.4 Å². The Morgan fingerprint density at radius 2 is 1.77 bits per heavy atom. The molecule has 0 unspecified atom stereocenters. The van der Waals surface area contributed by atoms with Gasteiger partial charge in [0, 0.05) is 17.3 Å². The van der Waals surface area contributed by atoms with Crippen molar-refractivity contribution in [3.8, 4) is 5.75 Å². The van der Waals surface area contributed by atoms with E-state index in [0.717, 1.165) is 0 Å². The van der Waals surface area contributed by atoms with Crippen LogP contribution in [0.25, 0.3) is 0 Å². The van der Waals surface area contributed by atoms with Crippen LogP contribution in [0, 0.1) is 12.8 Å². The second-order valence-electron chi connectivity index (χ2n) is 7.20. The lowest BCUT2D eigenvalue weighted by atomic mass is 10.0. The monoisotopic (exact) mass is 407 g/mol. The maximum Gasteiger partial charge on any atom is 0.277 e. The lowest BCUT2D eigenvalue weighted by Crippen LogP contribution is -2.32. The summed E-state index contributed by atoms with van der Waals surface area (Å²) in [5.41, 5.74) is 1.30. The number of methoxy groups -OCH3 is 1. The van der Waals surface area contributed by atoms with Crippen molar-refractivity contribution in [3.63, 3.8) is 0 Å². The molecule has 1 heterocycles. The van der Waals surface area contributed by atoms with Crippen LogP contribution in [0.4, 0.5) is 5.69 Å². The van der Waals surface area contributed by atoms with Crippen LogP contribution in [-0.4, -0.2) is 23.9 Å². The molecule has 7 heteroatoms. The summed E-state index contributed by atoms with van der Waals surface area (Å²) in [6.45, 7) is 5.57. The first-order valence-corrected chi connectivity index (χ1v) is 9.67. The number of carbonyl (C=O) groups is 2. The second kappa shape index (κ2) is 9.26. The molecule has 1 aromatic heterocycles. The fraction of sp³-hybridized carbons (Fsp3) is 0.261. The normalized spacial score (nSPS) is 11.8. The van der Waals surface area contributed by atoms with Gasteiger partial charge in [-0.1, -0.05) is 38.1 Å². The molecule has 2 aromatic carbocycles. The van der Waals surface area contributed by atoms with E-state index in [1.165, 1.54) is 0 Å². The van der Waals surface area contributed by atoms with Crippen molar-refractivity contribution in [2.24, 2.45) is 5.92 Å². The molecule has 0 aliphatic carbocycles. The van der Waals surface area contributed by atoms with Gasteiger partial charge in [-0.2, -0.15) is 0 Å². The number of aryl methyl sites for hydroxylation is 1. The van der Waals surface area contributed by atoms with Gasteiger partial charge >= 0.3 is 0 Å². The summed E-state index contributed by atoms with van der Waals surface area (Å²) in [5, 5.41) is 5.74. The molecule has 0 aliphatic rings. The molecule has 2 N–H and O–H groups in total. The van der Waals surface area contributed by atoms with E-state index >= 15 is 0 Å². The van der Waals surface area contributed by atoms with Crippen LogP contribution in [0.1, 0.15) is 52.4 Å². The number of nitrogens with one attached hydrogen (secondary N) is 2. The predicted molar refractivity (Wildman–Crippen MR) is 114 cm³/mol. The molecule has 3 aromatic rings. The highest BCUT2D eigenvalue weighted by Crippen LogP contribution is 2.25. The van der Waals surface area contributed by atoms with Gasteiger partial charge in [-0.15, -0.1) is 0 Å². The molecule has 0 radical (unpaired) electrons. The van der Waals surface area contributed by atoms with Crippen LogP contribution in [0.5, 0.6) is 5.75 Å². The number of oxazole rings is 1. The first kappa shape index (κ1) is 21.1. The summed E-state index contributed by atoms with van der Waals surface area (Å²) >= 11 is 0. The van der Waals surface area contributed by atoms with Crippen molar-refractivity contribution >= 4 is 17.5 Å². The number of aromatic nitrogens is 1. The van der Waals surface area contributed by atoms with E-state index in [0.29, 0.717) is 28.7 Å². The summed E-state index contributed by atoms with van der Waals surface area (Å²) in [6, 6.07) is 15.5. The Morgan fingerprint density at radius 3 is 2.43 bits per heavy atom. The molecule has 3 rings (SSSR count). The first-order chi connectivity index (χ1) is 14.4. The third-order valence-electron chi connectivity index (χ3n) is 4.61. The molecule has 0 spiro atoms. The lowest BCUT2D eigenvalue weighted by molar-refractivity contribution is 0.0916. The van der Waals surface area contributed by atoms with Gasteiger partial charge < -0.3 is 19.8 Å². The maximum atomic E-state index is 12.7. The molecule has 2 amide bonds. The van der Waals surface area contributed by atoms with E-state index in [9.17, 15) is 9.59 Å². The Hall–Kier alpha value is -3.61. The summed E-state index contributed by atoms with van der Waals surface area (Å²) in [7, 11) is 1.56. The van der Waals surface area contributed by atoms with E-state index < -0.39 is 11.9 Å². The van der Waals surface area contributed by atoms with Gasteiger partial charge in [0.1, 0.15) is 17.6 Å². The SMILES string of the molecule is COc1cccc(NC(=O)c2nc([C@H](NC(=O)c3ccccc3)C(C)C)oc2C)c1. The van der Waals surface area contributed by atoms with Crippen LogP contribution in [0.15, 0.2) is 59.0 Å². The Bertz CT molecular complexity index is 1030. The van der Waals surface area contributed by atoms with Gasteiger partial charge in [-0.25, -0.2) is 4.98 Å². The number of amides is 2. The quantitative estimate of drug-likeness (QED) is 0.607. The van der Waals surface area contributed by atoms with E-state index in [1.54, 1.807) is 62.6 Å². The zero-order valence-corrected chi connectivity index (χ0v) is 17.4. The highest BCUT2D eigenvalue weighted by atomic mass is 16.5. The molecule has 1 atom stereocenters. The first-order valence-electron chi connectivity index (χ1n) is 9.67. The Balaban J connectivity index is 1.79. The number of ether oxygens (including phenoxy) is 1. The van der Waals surface area contributed by atoms with Crippen molar-refractivity contribution in [3.05, 3.63) is 77.5 Å². The summed E-state index contributed by atoms with van der Waals surface area (Å²) in [5.74, 6) is 0.687. The van der Waals surface area contributed by atoms with Crippen molar-refractivity contribution < 1.29 is 18.7 Å². The lowest BCUT2D eigenvalue weighted by Gasteiger charge is -2.19. The Morgan fingerprint density at radius 1 is 1.03 bits per heavy atom. The van der Waals surface area contributed by atoms with Crippen molar-refractivity contribution in [2.45, 2.75) is 26.8 Å². The van der Waals surface area contributed by atoms with Gasteiger partial charge in [0.25, 0.3) is 11.8 Å². The zero-order chi connectivity index (χ0) is 21.7. The fourth-order valence-electron chi connectivity index (χ4n) is 2.98. The molecule has 7 nitrogen and oxygen atoms in total. The van der Waals surface area contributed by atoms with Gasteiger partial charge in [-0.05, 0) is 37.1 Å². The minimum atomic E-state index is -0.477. The molecule has 0 saturated carbocycles.